The molecule has 1 aliphatic heterocycles. The number of hydrogen-bond acceptors (Lipinski definition) is 7. The number of ether oxygens (including phenoxy) is 3. The van der Waals surface area contributed by atoms with Crippen LogP contribution in [0.25, 0.3) is 0 Å². The van der Waals surface area contributed by atoms with Crippen molar-refractivity contribution in [3.8, 4) is 0 Å². The number of carbonyl (C=O) groups is 1. The maximum absolute atomic E-state index is 12.3. The van der Waals surface area contributed by atoms with Crippen LogP contribution in [-0.2, 0) is 19.0 Å². The van der Waals surface area contributed by atoms with Crippen molar-refractivity contribution in [2.75, 3.05) is 13.2 Å². The van der Waals surface area contributed by atoms with Gasteiger partial charge in [0.2, 0.25) is 0 Å². The molecule has 0 radical (unpaired) electrons. The molecular formula is C22H42O7. The summed E-state index contributed by atoms with van der Waals surface area (Å²) in [7, 11) is 0. The van der Waals surface area contributed by atoms with E-state index in [0.29, 0.717) is 6.61 Å². The zero-order valence-electron chi connectivity index (χ0n) is 18.3. The first-order chi connectivity index (χ1) is 14.0. The van der Waals surface area contributed by atoms with Crippen molar-refractivity contribution in [2.24, 2.45) is 0 Å². The van der Waals surface area contributed by atoms with E-state index in [9.17, 15) is 20.1 Å². The lowest BCUT2D eigenvalue weighted by Gasteiger charge is -2.39. The summed E-state index contributed by atoms with van der Waals surface area (Å²) in [6, 6.07) is 0. The topological polar surface area (TPSA) is 105 Å². The quantitative estimate of drug-likeness (QED) is 0.261. The fraction of sp³-hybridized carbons (Fsp3) is 0.955. The summed E-state index contributed by atoms with van der Waals surface area (Å²) in [5, 5.41) is 30.2. The van der Waals surface area contributed by atoms with Crippen LogP contribution in [0, 0.1) is 0 Å². The van der Waals surface area contributed by atoms with Crippen molar-refractivity contribution in [2.45, 2.75) is 122 Å². The predicted molar refractivity (Wildman–Crippen MR) is 110 cm³/mol. The Labute approximate surface area is 175 Å². The normalized spacial score (nSPS) is 27.1. The molecule has 0 aromatic carbocycles. The van der Waals surface area contributed by atoms with E-state index in [-0.39, 0.29) is 6.61 Å². The lowest BCUT2D eigenvalue weighted by molar-refractivity contribution is -0.295. The van der Waals surface area contributed by atoms with Crippen LogP contribution in [0.3, 0.4) is 0 Å². The SMILES string of the molecule is CCCCCCCCOC(=O)[C@H]1O[C@H](OCCCCCCCC)[C@@H](O)[C@@H](O)[C@@H]1O. The molecule has 0 aromatic heterocycles. The molecule has 0 spiro atoms. The molecule has 172 valence electrons. The average Bonchev–Trinajstić information content (AvgIpc) is 2.72. The third kappa shape index (κ3) is 10.2. The van der Waals surface area contributed by atoms with E-state index in [4.69, 9.17) is 14.2 Å². The smallest absolute Gasteiger partial charge is 0.338 e. The molecule has 0 aliphatic carbocycles. The Morgan fingerprint density at radius 1 is 0.724 bits per heavy atom. The average molecular weight is 419 g/mol. The molecule has 0 bridgehead atoms. The Morgan fingerprint density at radius 2 is 1.24 bits per heavy atom. The highest BCUT2D eigenvalue weighted by atomic mass is 16.7. The number of unbranched alkanes of at least 4 members (excludes halogenated alkanes) is 10. The van der Waals surface area contributed by atoms with Gasteiger partial charge in [-0.1, -0.05) is 78.1 Å². The summed E-state index contributed by atoms with van der Waals surface area (Å²) in [4.78, 5) is 12.3. The fourth-order valence-corrected chi connectivity index (χ4v) is 3.40. The van der Waals surface area contributed by atoms with Gasteiger partial charge in [0, 0.05) is 6.61 Å². The molecule has 0 amide bonds. The lowest BCUT2D eigenvalue weighted by Crippen LogP contribution is -2.60. The molecule has 5 atom stereocenters. The monoisotopic (exact) mass is 418 g/mol. The standard InChI is InChI=1S/C22H42O7/c1-3-5-7-9-11-13-15-27-21(26)20-18(24)17(23)19(25)22(29-20)28-16-14-12-10-8-6-4-2/h17-20,22-25H,3-16H2,1-2H3/t17-,18-,19-,20-,22-/m0/s1. The molecule has 1 aliphatic rings. The van der Waals surface area contributed by atoms with E-state index in [2.05, 4.69) is 13.8 Å². The molecule has 0 unspecified atom stereocenters. The summed E-state index contributed by atoms with van der Waals surface area (Å²) in [5.74, 6) is -0.731. The third-order valence-electron chi connectivity index (χ3n) is 5.32. The van der Waals surface area contributed by atoms with Gasteiger partial charge < -0.3 is 29.5 Å². The minimum absolute atomic E-state index is 0.249. The van der Waals surface area contributed by atoms with Gasteiger partial charge in [0.15, 0.2) is 12.4 Å². The van der Waals surface area contributed by atoms with Crippen molar-refractivity contribution in [1.29, 1.82) is 0 Å². The van der Waals surface area contributed by atoms with E-state index in [0.717, 1.165) is 38.5 Å². The summed E-state index contributed by atoms with van der Waals surface area (Å²) in [6.45, 7) is 4.93. The van der Waals surface area contributed by atoms with Gasteiger partial charge >= 0.3 is 5.97 Å². The Hall–Kier alpha value is -0.730. The second-order valence-corrected chi connectivity index (χ2v) is 7.97. The molecule has 1 fully saturated rings. The number of aliphatic hydroxyl groups excluding tert-OH is 3. The zero-order chi connectivity index (χ0) is 21.5. The molecule has 1 saturated heterocycles. The van der Waals surface area contributed by atoms with Crippen molar-refractivity contribution >= 4 is 5.97 Å². The minimum atomic E-state index is -1.55. The van der Waals surface area contributed by atoms with E-state index in [1.165, 1.54) is 38.5 Å². The number of esters is 1. The number of carbonyl (C=O) groups excluding carboxylic acids is 1. The first-order valence-electron chi connectivity index (χ1n) is 11.5. The van der Waals surface area contributed by atoms with Crippen LogP contribution in [-0.4, -0.2) is 65.2 Å². The van der Waals surface area contributed by atoms with Gasteiger partial charge in [0.1, 0.15) is 18.3 Å². The minimum Gasteiger partial charge on any atom is -0.464 e. The molecule has 1 rings (SSSR count). The summed E-state index contributed by atoms with van der Waals surface area (Å²) in [6.07, 6.45) is 5.96. The number of hydrogen-bond donors (Lipinski definition) is 3. The van der Waals surface area contributed by atoms with E-state index in [1.54, 1.807) is 0 Å². The molecular weight excluding hydrogens is 376 g/mol. The highest BCUT2D eigenvalue weighted by Crippen LogP contribution is 2.23. The van der Waals surface area contributed by atoms with Gasteiger partial charge in [-0.05, 0) is 12.8 Å². The van der Waals surface area contributed by atoms with Crippen molar-refractivity contribution in [3.63, 3.8) is 0 Å². The Kier molecular flexibility index (Phi) is 14.5. The second-order valence-electron chi connectivity index (χ2n) is 7.97. The largest absolute Gasteiger partial charge is 0.464 e. The lowest BCUT2D eigenvalue weighted by atomic mass is 9.99. The number of aliphatic hydroxyl groups is 3. The van der Waals surface area contributed by atoms with Gasteiger partial charge in [-0.15, -0.1) is 0 Å². The molecule has 7 heteroatoms. The van der Waals surface area contributed by atoms with Crippen LogP contribution >= 0.6 is 0 Å². The highest BCUT2D eigenvalue weighted by molar-refractivity contribution is 5.75. The van der Waals surface area contributed by atoms with Gasteiger partial charge in [-0.3, -0.25) is 0 Å². The van der Waals surface area contributed by atoms with E-state index < -0.39 is 36.7 Å². The van der Waals surface area contributed by atoms with Gasteiger partial charge in [-0.25, -0.2) is 4.79 Å². The van der Waals surface area contributed by atoms with Gasteiger partial charge in [0.25, 0.3) is 0 Å². The summed E-state index contributed by atoms with van der Waals surface area (Å²) < 4.78 is 16.2. The molecule has 0 aromatic rings. The second kappa shape index (κ2) is 16.0. The van der Waals surface area contributed by atoms with Crippen LogP contribution in [0.1, 0.15) is 90.9 Å². The van der Waals surface area contributed by atoms with Crippen LogP contribution in [0.4, 0.5) is 0 Å². The van der Waals surface area contributed by atoms with Gasteiger partial charge in [0.05, 0.1) is 6.61 Å². The molecule has 7 nitrogen and oxygen atoms in total. The Bertz CT molecular complexity index is 418. The van der Waals surface area contributed by atoms with Crippen LogP contribution in [0.15, 0.2) is 0 Å². The third-order valence-corrected chi connectivity index (χ3v) is 5.32. The van der Waals surface area contributed by atoms with Crippen molar-refractivity contribution in [3.05, 3.63) is 0 Å². The Balaban J connectivity index is 2.33. The molecule has 1 heterocycles. The maximum Gasteiger partial charge on any atom is 0.338 e. The molecule has 0 saturated carbocycles. The van der Waals surface area contributed by atoms with Crippen LogP contribution in [0.2, 0.25) is 0 Å². The van der Waals surface area contributed by atoms with Gasteiger partial charge in [-0.2, -0.15) is 0 Å². The first-order valence-corrected chi connectivity index (χ1v) is 11.5. The first kappa shape index (κ1) is 26.3. The fourth-order valence-electron chi connectivity index (χ4n) is 3.40. The molecule has 3 N–H and O–H groups in total. The summed E-state index contributed by atoms with van der Waals surface area (Å²) >= 11 is 0. The predicted octanol–water partition coefficient (Wildman–Crippen LogP) is 3.07. The highest BCUT2D eigenvalue weighted by Gasteiger charge is 2.48. The van der Waals surface area contributed by atoms with Crippen molar-refractivity contribution in [1.82, 2.24) is 0 Å². The zero-order valence-corrected chi connectivity index (χ0v) is 18.3. The Morgan fingerprint density at radius 3 is 1.83 bits per heavy atom. The van der Waals surface area contributed by atoms with E-state index >= 15 is 0 Å². The van der Waals surface area contributed by atoms with E-state index in [1.807, 2.05) is 0 Å². The van der Waals surface area contributed by atoms with Crippen LogP contribution < -0.4 is 0 Å². The van der Waals surface area contributed by atoms with Crippen molar-refractivity contribution < 1.29 is 34.3 Å². The maximum atomic E-state index is 12.3. The number of rotatable bonds is 16. The molecule has 29 heavy (non-hydrogen) atoms. The summed E-state index contributed by atoms with van der Waals surface area (Å²) in [5.41, 5.74) is 0. The van der Waals surface area contributed by atoms with Crippen LogP contribution in [0.5, 0.6) is 0 Å².